The molecule has 1 N–H and O–H groups in total. The van der Waals surface area contributed by atoms with Crippen LogP contribution in [0.1, 0.15) is 57.8 Å². The monoisotopic (exact) mass is 380 g/mol. The average Bonchev–Trinajstić information content (AvgIpc) is 2.42. The fourth-order valence-corrected chi connectivity index (χ4v) is 6.18. The van der Waals surface area contributed by atoms with Gasteiger partial charge in [-0.1, -0.05) is 0 Å². The van der Waals surface area contributed by atoms with E-state index in [1.165, 1.54) is 19.3 Å². The number of unbranched alkanes of at least 4 members (excludes halogenated alkanes) is 1. The summed E-state index contributed by atoms with van der Waals surface area (Å²) in [6.07, 6.45) is 6.07. The van der Waals surface area contributed by atoms with Crippen LogP contribution in [0.15, 0.2) is 0 Å². The summed E-state index contributed by atoms with van der Waals surface area (Å²) in [4.78, 5) is 12.6. The largest absolute Gasteiger partial charge is 0.465 e. The zero-order valence-electron chi connectivity index (χ0n) is 14.3. The summed E-state index contributed by atoms with van der Waals surface area (Å²) in [6.45, 7) is 0.0859. The van der Waals surface area contributed by atoms with Crippen molar-refractivity contribution in [3.05, 3.63) is 0 Å². The molecule has 4 rings (SSSR count). The molecule has 25 heavy (non-hydrogen) atoms. The minimum absolute atomic E-state index is 0.0384. The summed E-state index contributed by atoms with van der Waals surface area (Å²) < 4.78 is 61.7. The first-order valence-corrected chi connectivity index (χ1v) is 10.7. The molecular formula is C17H26F2O5S. The number of carbonyl (C=O) groups is 1. The number of hydrogen-bond acceptors (Lipinski definition) is 4. The van der Waals surface area contributed by atoms with Gasteiger partial charge in [0.2, 0.25) is 0 Å². The van der Waals surface area contributed by atoms with Gasteiger partial charge in [-0.2, -0.15) is 8.42 Å². The number of rotatable bonds is 8. The molecule has 4 bridgehead atoms. The van der Waals surface area contributed by atoms with Gasteiger partial charge in [0.1, 0.15) is 5.75 Å². The number of alkyl halides is 2. The number of carbonyl (C=O) groups excluding carboxylic acids is 1. The second-order valence-electron chi connectivity index (χ2n) is 8.37. The zero-order chi connectivity index (χ0) is 18.3. The zero-order valence-corrected chi connectivity index (χ0v) is 15.1. The van der Waals surface area contributed by atoms with Crippen molar-refractivity contribution in [3.63, 3.8) is 0 Å². The van der Waals surface area contributed by atoms with E-state index in [1.54, 1.807) is 0 Å². The molecule has 144 valence electrons. The van der Waals surface area contributed by atoms with Crippen molar-refractivity contribution in [2.75, 3.05) is 12.4 Å². The number of hydrogen-bond donors (Lipinski definition) is 1. The van der Waals surface area contributed by atoms with Crippen LogP contribution >= 0.6 is 0 Å². The summed E-state index contributed by atoms with van der Waals surface area (Å²) in [7, 11) is -4.70. The third-order valence-corrected chi connectivity index (χ3v) is 6.82. The summed E-state index contributed by atoms with van der Waals surface area (Å²) in [5.41, 5.74) is -0.344. The molecule has 0 aliphatic heterocycles. The van der Waals surface area contributed by atoms with E-state index in [0.29, 0.717) is 17.8 Å². The predicted molar refractivity (Wildman–Crippen MR) is 86.8 cm³/mol. The summed E-state index contributed by atoms with van der Waals surface area (Å²) in [5.74, 6) is -3.28. The van der Waals surface area contributed by atoms with Crippen LogP contribution in [0.25, 0.3) is 0 Å². The minimum Gasteiger partial charge on any atom is -0.465 e. The Morgan fingerprint density at radius 3 is 2.08 bits per heavy atom. The van der Waals surface area contributed by atoms with Crippen LogP contribution in [-0.4, -0.2) is 37.2 Å². The smallest absolute Gasteiger partial charge is 0.312 e. The van der Waals surface area contributed by atoms with Crippen LogP contribution in [0.5, 0.6) is 0 Å². The molecule has 0 amide bonds. The van der Waals surface area contributed by atoms with Gasteiger partial charge in [-0.15, -0.1) is 0 Å². The molecule has 4 aliphatic carbocycles. The fraction of sp³-hybridized carbons (Fsp3) is 0.941. The van der Waals surface area contributed by atoms with E-state index < -0.39 is 28.2 Å². The van der Waals surface area contributed by atoms with Crippen molar-refractivity contribution in [2.45, 2.75) is 63.7 Å². The Kier molecular flexibility index (Phi) is 5.14. The Balaban J connectivity index is 1.40. The van der Waals surface area contributed by atoms with Crippen molar-refractivity contribution in [1.29, 1.82) is 0 Å². The van der Waals surface area contributed by atoms with Crippen LogP contribution in [0.4, 0.5) is 8.78 Å². The van der Waals surface area contributed by atoms with Crippen LogP contribution in [-0.2, 0) is 19.6 Å². The molecular weight excluding hydrogens is 354 g/mol. The molecule has 0 aromatic rings. The van der Waals surface area contributed by atoms with Gasteiger partial charge in [-0.3, -0.25) is 9.35 Å². The quantitative estimate of drug-likeness (QED) is 0.396. The Bertz CT molecular complexity index is 581. The van der Waals surface area contributed by atoms with Crippen molar-refractivity contribution >= 4 is 16.1 Å². The molecule has 0 atom stereocenters. The lowest BCUT2D eigenvalue weighted by Crippen LogP contribution is -2.50. The van der Waals surface area contributed by atoms with Gasteiger partial charge in [-0.25, -0.2) is 8.78 Å². The highest BCUT2D eigenvalue weighted by molar-refractivity contribution is 7.85. The third kappa shape index (κ3) is 4.70. The van der Waals surface area contributed by atoms with Gasteiger partial charge < -0.3 is 4.74 Å². The second-order valence-corrected chi connectivity index (χ2v) is 9.83. The van der Waals surface area contributed by atoms with Crippen molar-refractivity contribution in [2.24, 2.45) is 23.2 Å². The lowest BCUT2D eigenvalue weighted by atomic mass is 9.49. The topological polar surface area (TPSA) is 80.7 Å². The molecule has 4 aliphatic rings. The Labute approximate surface area is 147 Å². The van der Waals surface area contributed by atoms with E-state index in [2.05, 4.69) is 0 Å². The van der Waals surface area contributed by atoms with Crippen LogP contribution in [0.3, 0.4) is 0 Å². The molecule has 0 unspecified atom stereocenters. The van der Waals surface area contributed by atoms with Crippen LogP contribution in [0, 0.1) is 23.2 Å². The second kappa shape index (κ2) is 6.76. The summed E-state index contributed by atoms with van der Waals surface area (Å²) >= 11 is 0. The summed E-state index contributed by atoms with van der Waals surface area (Å²) in [5, 5.41) is 0. The first kappa shape index (κ1) is 19.0. The first-order chi connectivity index (χ1) is 11.6. The molecule has 4 saturated carbocycles. The minimum atomic E-state index is -4.70. The van der Waals surface area contributed by atoms with E-state index in [1.807, 2.05) is 0 Å². The summed E-state index contributed by atoms with van der Waals surface area (Å²) in [6, 6.07) is 0. The maximum atomic E-state index is 13.4. The van der Waals surface area contributed by atoms with Crippen LogP contribution in [0.2, 0.25) is 0 Å². The average molecular weight is 380 g/mol. The molecule has 5 nitrogen and oxygen atoms in total. The lowest BCUT2D eigenvalue weighted by Gasteiger charge is -2.55. The van der Waals surface area contributed by atoms with Gasteiger partial charge in [0.25, 0.3) is 16.0 Å². The molecule has 0 aromatic carbocycles. The fourth-order valence-electron chi connectivity index (χ4n) is 5.50. The highest BCUT2D eigenvalue weighted by atomic mass is 32.2. The SMILES string of the molecule is O=C(OCCCCC(F)(F)CS(=O)(=O)O)C12CC3CC(CC(C3)C1)C2. The molecule has 0 radical (unpaired) electrons. The predicted octanol–water partition coefficient (Wildman–Crippen LogP) is 3.44. The number of esters is 1. The van der Waals surface area contributed by atoms with E-state index in [9.17, 15) is 22.0 Å². The van der Waals surface area contributed by atoms with E-state index in [-0.39, 0.29) is 30.8 Å². The van der Waals surface area contributed by atoms with Gasteiger partial charge in [0, 0.05) is 6.42 Å². The number of ether oxygens (including phenoxy) is 1. The molecule has 0 heterocycles. The van der Waals surface area contributed by atoms with Gasteiger partial charge in [-0.05, 0) is 69.1 Å². The van der Waals surface area contributed by atoms with Gasteiger partial charge in [0.15, 0.2) is 0 Å². The Morgan fingerprint density at radius 1 is 1.08 bits per heavy atom. The lowest BCUT2D eigenvalue weighted by molar-refractivity contribution is -0.171. The maximum absolute atomic E-state index is 13.4. The standard InChI is InChI=1S/C17H26F2O5S/c18-17(19,11-25(21,22)23)3-1-2-4-24-15(20)16-8-12-5-13(9-16)7-14(6-12)10-16/h12-14H,1-11H2,(H,21,22,23). The first-order valence-electron chi connectivity index (χ1n) is 9.07. The molecule has 0 spiro atoms. The molecule has 0 aromatic heterocycles. The van der Waals surface area contributed by atoms with E-state index in [0.717, 1.165) is 19.3 Å². The molecule has 4 fully saturated rings. The highest BCUT2D eigenvalue weighted by Gasteiger charge is 2.55. The van der Waals surface area contributed by atoms with E-state index >= 15 is 0 Å². The molecule has 0 saturated heterocycles. The van der Waals surface area contributed by atoms with Crippen LogP contribution < -0.4 is 0 Å². The van der Waals surface area contributed by atoms with Gasteiger partial charge in [0.05, 0.1) is 12.0 Å². The Morgan fingerprint density at radius 2 is 1.60 bits per heavy atom. The van der Waals surface area contributed by atoms with Gasteiger partial charge >= 0.3 is 5.97 Å². The molecule has 8 heteroatoms. The Hall–Kier alpha value is -0.760. The van der Waals surface area contributed by atoms with E-state index in [4.69, 9.17) is 9.29 Å². The van der Waals surface area contributed by atoms with Crippen molar-refractivity contribution < 1.29 is 31.3 Å². The van der Waals surface area contributed by atoms with Crippen molar-refractivity contribution in [1.82, 2.24) is 0 Å². The van der Waals surface area contributed by atoms with Crippen molar-refractivity contribution in [3.8, 4) is 0 Å². The third-order valence-electron chi connectivity index (χ3n) is 6.03. The highest BCUT2D eigenvalue weighted by Crippen LogP contribution is 2.60. The maximum Gasteiger partial charge on any atom is 0.312 e. The normalized spacial score (nSPS) is 34.3. The number of halogens is 2.